The molecule has 2 aromatic rings. The molecule has 0 fully saturated rings. The number of thioether (sulfide) groups is 2. The van der Waals surface area contributed by atoms with Gasteiger partial charge in [-0.1, -0.05) is 60.7 Å². The molecule has 0 saturated heterocycles. The van der Waals surface area contributed by atoms with E-state index in [0.717, 1.165) is 23.5 Å². The minimum absolute atomic E-state index is 0.0817. The second-order valence-electron chi connectivity index (χ2n) is 5.04. The zero-order chi connectivity index (χ0) is 18.8. The van der Waals surface area contributed by atoms with Crippen LogP contribution in [0.3, 0.4) is 0 Å². The number of ketones is 2. The first kappa shape index (κ1) is 19.5. The van der Waals surface area contributed by atoms with E-state index in [0.29, 0.717) is 15.4 Å². The minimum atomic E-state index is -0.0988. The normalized spacial score (nSPS) is 9.62. The number of rotatable bonds is 8. The molecule has 0 aliphatic carbocycles. The quantitative estimate of drug-likeness (QED) is 0.498. The van der Waals surface area contributed by atoms with Crippen molar-refractivity contribution >= 4 is 35.1 Å². The predicted octanol–water partition coefficient (Wildman–Crippen LogP) is 4.48. The van der Waals surface area contributed by atoms with Gasteiger partial charge in [-0.15, -0.1) is 23.5 Å². The van der Waals surface area contributed by atoms with Crippen molar-refractivity contribution in [2.75, 3.05) is 11.5 Å². The lowest BCUT2D eigenvalue weighted by molar-refractivity contribution is 0.101. The van der Waals surface area contributed by atoms with Crippen molar-refractivity contribution in [3.63, 3.8) is 0 Å². The summed E-state index contributed by atoms with van der Waals surface area (Å²) in [6, 6.07) is 21.3. The second kappa shape index (κ2) is 10.2. The summed E-state index contributed by atoms with van der Waals surface area (Å²) in [5.41, 5.74) is 1.06. The second-order valence-corrected chi connectivity index (χ2v) is 7.27. The predicted molar refractivity (Wildman–Crippen MR) is 105 cm³/mol. The van der Waals surface area contributed by atoms with Gasteiger partial charge in [0.2, 0.25) is 0 Å². The zero-order valence-electron chi connectivity index (χ0n) is 13.7. The summed E-state index contributed by atoms with van der Waals surface area (Å²) in [5, 5.41) is 18.3. The Morgan fingerprint density at radius 1 is 0.731 bits per heavy atom. The molecule has 2 aromatic carbocycles. The first-order chi connectivity index (χ1) is 12.7. The van der Waals surface area contributed by atoms with E-state index in [1.807, 2.05) is 24.3 Å². The van der Waals surface area contributed by atoms with Crippen LogP contribution < -0.4 is 0 Å². The number of allylic oxidation sites excluding steroid dienone is 1. The third-order valence-corrected chi connectivity index (χ3v) is 5.74. The summed E-state index contributed by atoms with van der Waals surface area (Å²) >= 11 is 2.23. The van der Waals surface area contributed by atoms with E-state index in [2.05, 4.69) is 0 Å². The molecule has 0 heterocycles. The van der Waals surface area contributed by atoms with E-state index in [4.69, 9.17) is 10.5 Å². The van der Waals surface area contributed by atoms with Gasteiger partial charge < -0.3 is 0 Å². The summed E-state index contributed by atoms with van der Waals surface area (Å²) in [4.78, 5) is 24.4. The lowest BCUT2D eigenvalue weighted by Gasteiger charge is -2.07. The zero-order valence-corrected chi connectivity index (χ0v) is 15.3. The fourth-order valence-electron chi connectivity index (χ4n) is 1.98. The maximum Gasteiger partial charge on any atom is 0.173 e. The van der Waals surface area contributed by atoms with Gasteiger partial charge in [0.05, 0.1) is 15.7 Å². The average molecular weight is 378 g/mol. The summed E-state index contributed by atoms with van der Waals surface area (Å²) in [5.74, 6) is -0.00563. The van der Waals surface area contributed by atoms with Crippen molar-refractivity contribution in [2.24, 2.45) is 0 Å². The Labute approximate surface area is 160 Å². The van der Waals surface area contributed by atoms with Crippen LogP contribution in [0.4, 0.5) is 0 Å². The van der Waals surface area contributed by atoms with Crippen LogP contribution in [0.25, 0.3) is 0 Å². The first-order valence-corrected chi connectivity index (χ1v) is 9.59. The van der Waals surface area contributed by atoms with Crippen molar-refractivity contribution in [3.8, 4) is 12.1 Å². The Morgan fingerprint density at radius 3 is 1.46 bits per heavy atom. The van der Waals surface area contributed by atoms with Crippen LogP contribution >= 0.6 is 23.5 Å². The van der Waals surface area contributed by atoms with E-state index >= 15 is 0 Å². The maximum absolute atomic E-state index is 12.2. The molecule has 0 aliphatic rings. The smallest absolute Gasteiger partial charge is 0.173 e. The minimum Gasteiger partial charge on any atom is -0.293 e. The Kier molecular flexibility index (Phi) is 7.70. The summed E-state index contributed by atoms with van der Waals surface area (Å²) in [6.07, 6.45) is 0. The standard InChI is InChI=1S/C20H14N2O2S2/c21-11-17(12-22)20(25-13-18(23)15-7-3-1-4-8-15)26-14-19(24)16-9-5-2-6-10-16/h1-10H,13-14H2. The van der Waals surface area contributed by atoms with Crippen LogP contribution in [-0.4, -0.2) is 23.1 Å². The molecular formula is C20H14N2O2S2. The molecule has 0 aromatic heterocycles. The molecule has 0 amide bonds. The number of benzene rings is 2. The van der Waals surface area contributed by atoms with Crippen LogP contribution in [0.1, 0.15) is 20.7 Å². The van der Waals surface area contributed by atoms with Gasteiger partial charge in [0.1, 0.15) is 17.7 Å². The van der Waals surface area contributed by atoms with Gasteiger partial charge in [0.25, 0.3) is 0 Å². The molecule has 0 atom stereocenters. The largest absolute Gasteiger partial charge is 0.293 e. The maximum atomic E-state index is 12.2. The van der Waals surface area contributed by atoms with Crippen LogP contribution in [0.2, 0.25) is 0 Å². The van der Waals surface area contributed by atoms with Gasteiger partial charge in [-0.3, -0.25) is 9.59 Å². The number of carbonyl (C=O) groups excluding carboxylic acids is 2. The molecule has 0 spiro atoms. The van der Waals surface area contributed by atoms with Gasteiger partial charge in [0, 0.05) is 11.1 Å². The summed E-state index contributed by atoms with van der Waals surface area (Å²) in [6.45, 7) is 0. The van der Waals surface area contributed by atoms with Crippen LogP contribution in [0.5, 0.6) is 0 Å². The van der Waals surface area contributed by atoms with E-state index in [1.165, 1.54) is 0 Å². The molecule has 26 heavy (non-hydrogen) atoms. The average Bonchev–Trinajstić information content (AvgIpc) is 2.71. The molecule has 0 unspecified atom stereocenters. The van der Waals surface area contributed by atoms with Crippen molar-refractivity contribution < 1.29 is 9.59 Å². The van der Waals surface area contributed by atoms with Crippen LogP contribution in [0.15, 0.2) is 70.5 Å². The molecule has 2 rings (SSSR count). The van der Waals surface area contributed by atoms with E-state index in [9.17, 15) is 9.59 Å². The van der Waals surface area contributed by atoms with Crippen molar-refractivity contribution in [2.45, 2.75) is 0 Å². The third kappa shape index (κ3) is 5.63. The Hall–Kier alpha value is -2.80. The lowest BCUT2D eigenvalue weighted by Crippen LogP contribution is -2.04. The van der Waals surface area contributed by atoms with E-state index < -0.39 is 0 Å². The summed E-state index contributed by atoms with van der Waals surface area (Å²) < 4.78 is 0.392. The van der Waals surface area contributed by atoms with Gasteiger partial charge in [0.15, 0.2) is 11.6 Å². The molecule has 0 saturated carbocycles. The highest BCUT2D eigenvalue weighted by Crippen LogP contribution is 2.32. The first-order valence-electron chi connectivity index (χ1n) is 7.62. The molecule has 4 nitrogen and oxygen atoms in total. The number of nitriles is 2. The molecule has 0 N–H and O–H groups in total. The monoisotopic (exact) mass is 378 g/mol. The number of Topliss-reactive ketones (excluding diaryl/α,β-unsaturated/α-hetero) is 2. The fourth-order valence-corrected chi connectivity index (χ4v) is 4.00. The Balaban J connectivity index is 2.05. The Morgan fingerprint density at radius 2 is 1.12 bits per heavy atom. The van der Waals surface area contributed by atoms with Crippen molar-refractivity contribution in [1.29, 1.82) is 10.5 Å². The molecule has 0 radical (unpaired) electrons. The highest BCUT2D eigenvalue weighted by atomic mass is 32.2. The van der Waals surface area contributed by atoms with Crippen LogP contribution in [-0.2, 0) is 0 Å². The lowest BCUT2D eigenvalue weighted by atomic mass is 10.2. The number of hydrogen-bond acceptors (Lipinski definition) is 6. The Bertz CT molecular complexity index is 821. The topological polar surface area (TPSA) is 81.7 Å². The van der Waals surface area contributed by atoms with E-state index in [-0.39, 0.29) is 28.6 Å². The summed E-state index contributed by atoms with van der Waals surface area (Å²) in [7, 11) is 0. The van der Waals surface area contributed by atoms with Crippen molar-refractivity contribution in [3.05, 3.63) is 81.6 Å². The third-order valence-electron chi connectivity index (χ3n) is 3.29. The molecule has 0 aliphatic heterocycles. The van der Waals surface area contributed by atoms with Crippen LogP contribution in [0, 0.1) is 22.7 Å². The fraction of sp³-hybridized carbons (Fsp3) is 0.100. The van der Waals surface area contributed by atoms with Gasteiger partial charge in [-0.05, 0) is 0 Å². The highest BCUT2D eigenvalue weighted by molar-refractivity contribution is 8.22. The van der Waals surface area contributed by atoms with Crippen molar-refractivity contribution in [1.82, 2.24) is 0 Å². The number of carbonyl (C=O) groups is 2. The van der Waals surface area contributed by atoms with Gasteiger partial charge in [-0.2, -0.15) is 10.5 Å². The number of nitrogens with zero attached hydrogens (tertiary/aromatic N) is 2. The van der Waals surface area contributed by atoms with Gasteiger partial charge >= 0.3 is 0 Å². The SMILES string of the molecule is N#CC(C#N)=C(SCC(=O)c1ccccc1)SCC(=O)c1ccccc1. The number of hydrogen-bond donors (Lipinski definition) is 0. The van der Waals surface area contributed by atoms with Gasteiger partial charge in [-0.25, -0.2) is 0 Å². The molecule has 128 valence electrons. The van der Waals surface area contributed by atoms with E-state index in [1.54, 1.807) is 48.5 Å². The highest BCUT2D eigenvalue weighted by Gasteiger charge is 2.15. The molecule has 0 bridgehead atoms. The molecular weight excluding hydrogens is 364 g/mol. The molecule has 6 heteroatoms.